The Balaban J connectivity index is 3.11. The number of anilines is 1. The highest BCUT2D eigenvalue weighted by Gasteiger charge is 2.26. The molecule has 0 aromatic heterocycles. The number of nitrogens with two attached hydrogens (primary N) is 1. The van der Waals surface area contributed by atoms with E-state index >= 15 is 0 Å². The van der Waals surface area contributed by atoms with Crippen molar-refractivity contribution in [1.82, 2.24) is 9.62 Å². The van der Waals surface area contributed by atoms with Gasteiger partial charge in [0.15, 0.2) is 0 Å². The van der Waals surface area contributed by atoms with Gasteiger partial charge in [-0.3, -0.25) is 4.79 Å². The number of halogens is 1. The third kappa shape index (κ3) is 3.45. The molecule has 8 heteroatoms. The normalized spacial score (nSPS) is 11.7. The predicted octanol–water partition coefficient (Wildman–Crippen LogP) is 0.473. The van der Waals surface area contributed by atoms with Crippen molar-refractivity contribution in [2.24, 2.45) is 0 Å². The van der Waals surface area contributed by atoms with Crippen LogP contribution >= 0.6 is 0 Å². The number of amides is 1. The number of hydrogen-bond donors (Lipinski definition) is 2. The maximum absolute atomic E-state index is 13.8. The Morgan fingerprint density at radius 1 is 1.45 bits per heavy atom. The molecule has 1 aromatic rings. The first-order chi connectivity index (χ1) is 9.20. The fraction of sp³-hybridized carbons (Fsp3) is 0.417. The molecular weight excluding hydrogens is 285 g/mol. The summed E-state index contributed by atoms with van der Waals surface area (Å²) in [6, 6.07) is 2.12. The zero-order chi connectivity index (χ0) is 15.5. The van der Waals surface area contributed by atoms with Crippen LogP contribution in [0.3, 0.4) is 0 Å². The largest absolute Gasteiger partial charge is 0.398 e. The Bertz CT molecular complexity index is 617. The third-order valence-electron chi connectivity index (χ3n) is 2.75. The van der Waals surface area contributed by atoms with Crippen molar-refractivity contribution in [3.8, 4) is 0 Å². The topological polar surface area (TPSA) is 92.5 Å². The summed E-state index contributed by atoms with van der Waals surface area (Å²) in [5.74, 6) is -1.35. The van der Waals surface area contributed by atoms with Gasteiger partial charge in [0.25, 0.3) is 0 Å². The Labute approximate surface area is 117 Å². The van der Waals surface area contributed by atoms with Crippen LogP contribution in [0.25, 0.3) is 0 Å². The molecular formula is C12H18FN3O3S. The molecule has 112 valence electrons. The number of hydrogen-bond acceptors (Lipinski definition) is 4. The second kappa shape index (κ2) is 6.19. The standard InChI is InChI=1S/C12H18FN3O3S/c1-4-15-12(17)7-16(3)20(18,19)11-6-10(14)8(2)5-9(11)13/h5-6H,4,7,14H2,1-3H3,(H,15,17). The Kier molecular flexibility index (Phi) is 5.07. The van der Waals surface area contributed by atoms with E-state index in [1.165, 1.54) is 7.05 Å². The highest BCUT2D eigenvalue weighted by molar-refractivity contribution is 7.89. The van der Waals surface area contributed by atoms with Gasteiger partial charge in [-0.25, -0.2) is 12.8 Å². The van der Waals surface area contributed by atoms with Gasteiger partial charge in [-0.1, -0.05) is 0 Å². The molecule has 0 atom stereocenters. The first kappa shape index (κ1) is 16.4. The summed E-state index contributed by atoms with van der Waals surface area (Å²) in [5, 5.41) is 2.47. The van der Waals surface area contributed by atoms with E-state index in [0.29, 0.717) is 12.1 Å². The molecule has 0 spiro atoms. The van der Waals surface area contributed by atoms with E-state index in [1.54, 1.807) is 13.8 Å². The van der Waals surface area contributed by atoms with Gasteiger partial charge in [0, 0.05) is 19.3 Å². The van der Waals surface area contributed by atoms with E-state index < -0.39 is 26.6 Å². The lowest BCUT2D eigenvalue weighted by molar-refractivity contribution is -0.121. The van der Waals surface area contributed by atoms with E-state index in [1.807, 2.05) is 0 Å². The summed E-state index contributed by atoms with van der Waals surface area (Å²) >= 11 is 0. The molecule has 0 saturated heterocycles. The first-order valence-electron chi connectivity index (χ1n) is 5.98. The SMILES string of the molecule is CCNC(=O)CN(C)S(=O)(=O)c1cc(N)c(C)cc1F. The molecule has 6 nitrogen and oxygen atoms in total. The molecule has 0 aliphatic heterocycles. The number of rotatable bonds is 5. The number of benzene rings is 1. The Morgan fingerprint density at radius 2 is 2.05 bits per heavy atom. The van der Waals surface area contributed by atoms with Crippen LogP contribution in [-0.4, -0.2) is 38.8 Å². The minimum Gasteiger partial charge on any atom is -0.398 e. The lowest BCUT2D eigenvalue weighted by Gasteiger charge is -2.17. The highest BCUT2D eigenvalue weighted by atomic mass is 32.2. The second-order valence-corrected chi connectivity index (χ2v) is 6.37. The number of sulfonamides is 1. The number of carbonyl (C=O) groups is 1. The maximum Gasteiger partial charge on any atom is 0.246 e. The number of aryl methyl sites for hydroxylation is 1. The average Bonchev–Trinajstić information content (AvgIpc) is 2.33. The van der Waals surface area contributed by atoms with Crippen molar-refractivity contribution in [2.45, 2.75) is 18.7 Å². The Morgan fingerprint density at radius 3 is 2.60 bits per heavy atom. The molecule has 1 aromatic carbocycles. The van der Waals surface area contributed by atoms with Crippen LogP contribution in [0.1, 0.15) is 12.5 Å². The molecule has 3 N–H and O–H groups in total. The number of nitrogens with one attached hydrogen (secondary N) is 1. The highest BCUT2D eigenvalue weighted by Crippen LogP contribution is 2.23. The van der Waals surface area contributed by atoms with Crippen LogP contribution in [0, 0.1) is 12.7 Å². The molecule has 1 amide bonds. The third-order valence-corrected chi connectivity index (χ3v) is 4.57. The van der Waals surface area contributed by atoms with E-state index in [4.69, 9.17) is 5.73 Å². The minimum absolute atomic E-state index is 0.177. The zero-order valence-corrected chi connectivity index (χ0v) is 12.4. The smallest absolute Gasteiger partial charge is 0.246 e. The number of likely N-dealkylation sites (N-methyl/N-ethyl adjacent to an activating group) is 2. The molecule has 1 rings (SSSR count). The van der Waals surface area contributed by atoms with Crippen molar-refractivity contribution in [1.29, 1.82) is 0 Å². The molecule has 20 heavy (non-hydrogen) atoms. The fourth-order valence-electron chi connectivity index (χ4n) is 1.57. The van der Waals surface area contributed by atoms with Crippen molar-refractivity contribution in [2.75, 3.05) is 25.9 Å². The zero-order valence-electron chi connectivity index (χ0n) is 11.6. The monoisotopic (exact) mass is 303 g/mol. The number of carbonyl (C=O) groups excluding carboxylic acids is 1. The molecule has 0 bridgehead atoms. The van der Waals surface area contributed by atoms with Crippen molar-refractivity contribution < 1.29 is 17.6 Å². The average molecular weight is 303 g/mol. The Hall–Kier alpha value is -1.67. The summed E-state index contributed by atoms with van der Waals surface area (Å²) in [6.45, 7) is 3.29. The lowest BCUT2D eigenvalue weighted by Crippen LogP contribution is -2.38. The van der Waals surface area contributed by atoms with Gasteiger partial charge in [-0.15, -0.1) is 0 Å². The summed E-state index contributed by atoms with van der Waals surface area (Å²) in [4.78, 5) is 10.9. The first-order valence-corrected chi connectivity index (χ1v) is 7.42. The molecule has 0 saturated carbocycles. The number of nitrogen functional groups attached to an aromatic ring is 1. The maximum atomic E-state index is 13.8. The van der Waals surface area contributed by atoms with Gasteiger partial charge >= 0.3 is 0 Å². The summed E-state index contributed by atoms with van der Waals surface area (Å²) < 4.78 is 39.0. The van der Waals surface area contributed by atoms with Gasteiger partial charge in [-0.2, -0.15) is 4.31 Å². The van der Waals surface area contributed by atoms with Gasteiger partial charge in [0.2, 0.25) is 15.9 Å². The van der Waals surface area contributed by atoms with Crippen LogP contribution in [0.5, 0.6) is 0 Å². The molecule has 0 unspecified atom stereocenters. The van der Waals surface area contributed by atoms with Crippen LogP contribution in [-0.2, 0) is 14.8 Å². The quantitative estimate of drug-likeness (QED) is 0.774. The van der Waals surface area contributed by atoms with Crippen molar-refractivity contribution in [3.05, 3.63) is 23.5 Å². The van der Waals surface area contributed by atoms with E-state index in [9.17, 15) is 17.6 Å². The van der Waals surface area contributed by atoms with Gasteiger partial charge in [-0.05, 0) is 31.5 Å². The van der Waals surface area contributed by atoms with Crippen LogP contribution in [0.2, 0.25) is 0 Å². The van der Waals surface area contributed by atoms with E-state index in [2.05, 4.69) is 5.32 Å². The predicted molar refractivity (Wildman–Crippen MR) is 74.0 cm³/mol. The van der Waals surface area contributed by atoms with Crippen LogP contribution in [0.4, 0.5) is 10.1 Å². The van der Waals surface area contributed by atoms with Crippen molar-refractivity contribution in [3.63, 3.8) is 0 Å². The summed E-state index contributed by atoms with van der Waals surface area (Å²) in [6.07, 6.45) is 0. The molecule has 0 fully saturated rings. The van der Waals surface area contributed by atoms with E-state index in [0.717, 1.165) is 16.4 Å². The van der Waals surface area contributed by atoms with Crippen LogP contribution < -0.4 is 11.1 Å². The minimum atomic E-state index is -4.10. The fourth-order valence-corrected chi connectivity index (χ4v) is 2.78. The molecule has 0 heterocycles. The van der Waals surface area contributed by atoms with Crippen LogP contribution in [0.15, 0.2) is 17.0 Å². The van der Waals surface area contributed by atoms with Gasteiger partial charge in [0.05, 0.1) is 6.54 Å². The summed E-state index contributed by atoms with van der Waals surface area (Å²) in [7, 11) is -2.90. The lowest BCUT2D eigenvalue weighted by atomic mass is 10.2. The van der Waals surface area contributed by atoms with Crippen molar-refractivity contribution >= 4 is 21.6 Å². The second-order valence-electron chi connectivity index (χ2n) is 4.35. The molecule has 0 aliphatic carbocycles. The number of nitrogens with zero attached hydrogens (tertiary/aromatic N) is 1. The van der Waals surface area contributed by atoms with Gasteiger partial charge in [0.1, 0.15) is 10.7 Å². The van der Waals surface area contributed by atoms with E-state index in [-0.39, 0.29) is 12.2 Å². The summed E-state index contributed by atoms with van der Waals surface area (Å²) in [5.41, 5.74) is 6.24. The molecule has 0 aliphatic rings. The molecule has 0 radical (unpaired) electrons. The van der Waals surface area contributed by atoms with Gasteiger partial charge < -0.3 is 11.1 Å².